The van der Waals surface area contributed by atoms with Gasteiger partial charge in [-0.05, 0) is 43.5 Å². The highest BCUT2D eigenvalue weighted by Gasteiger charge is 2.18. The monoisotopic (exact) mass is 332 g/mol. The van der Waals surface area contributed by atoms with Gasteiger partial charge >= 0.3 is 5.97 Å². The molecule has 130 valence electrons. The molecular weight excluding hydrogens is 308 g/mol. The van der Waals surface area contributed by atoms with Crippen LogP contribution >= 0.6 is 0 Å². The molecule has 6 nitrogen and oxygen atoms in total. The Balaban J connectivity index is 1.80. The molecule has 1 saturated heterocycles. The zero-order chi connectivity index (χ0) is 17.4. The average molecular weight is 332 g/mol. The minimum absolute atomic E-state index is 0.0683. The van der Waals surface area contributed by atoms with Crippen LogP contribution in [0.1, 0.15) is 25.3 Å². The van der Waals surface area contributed by atoms with Crippen molar-refractivity contribution in [1.82, 2.24) is 4.90 Å². The van der Waals surface area contributed by atoms with Crippen molar-refractivity contribution in [3.63, 3.8) is 0 Å². The summed E-state index contributed by atoms with van der Waals surface area (Å²) in [4.78, 5) is 25.3. The maximum Gasteiger partial charge on any atom is 0.330 e. The maximum absolute atomic E-state index is 12.0. The summed E-state index contributed by atoms with van der Waals surface area (Å²) < 4.78 is 4.82. The van der Waals surface area contributed by atoms with Crippen molar-refractivity contribution in [3.05, 3.63) is 35.9 Å². The molecular formula is C18H24N2O4. The predicted molar refractivity (Wildman–Crippen MR) is 92.4 cm³/mol. The molecule has 1 aliphatic rings. The van der Waals surface area contributed by atoms with Crippen LogP contribution in [-0.2, 0) is 14.3 Å². The SMILES string of the molecule is CCOC(=O)/C=C\c1ccc(NC(=O)CN2CCC(O)CC2)cc1. The van der Waals surface area contributed by atoms with E-state index in [0.717, 1.165) is 31.5 Å². The average Bonchev–Trinajstić information content (AvgIpc) is 2.56. The van der Waals surface area contributed by atoms with Crippen molar-refractivity contribution < 1.29 is 19.4 Å². The Morgan fingerprint density at radius 2 is 1.96 bits per heavy atom. The fourth-order valence-electron chi connectivity index (χ4n) is 2.51. The van der Waals surface area contributed by atoms with Crippen LogP contribution in [0.5, 0.6) is 0 Å². The molecule has 2 N–H and O–H groups in total. The molecule has 24 heavy (non-hydrogen) atoms. The number of benzene rings is 1. The van der Waals surface area contributed by atoms with Gasteiger partial charge < -0.3 is 15.2 Å². The largest absolute Gasteiger partial charge is 0.463 e. The van der Waals surface area contributed by atoms with E-state index in [1.807, 2.05) is 17.0 Å². The van der Waals surface area contributed by atoms with E-state index in [1.54, 1.807) is 25.1 Å². The normalized spacial score (nSPS) is 16.2. The summed E-state index contributed by atoms with van der Waals surface area (Å²) in [5.41, 5.74) is 1.57. The maximum atomic E-state index is 12.0. The van der Waals surface area contributed by atoms with Gasteiger partial charge in [0.15, 0.2) is 0 Å². The molecule has 1 fully saturated rings. The van der Waals surface area contributed by atoms with Gasteiger partial charge in [0, 0.05) is 24.9 Å². The number of hydrogen-bond donors (Lipinski definition) is 2. The second-order valence-electron chi connectivity index (χ2n) is 5.76. The first kappa shape index (κ1) is 18.2. The first-order chi connectivity index (χ1) is 11.6. The summed E-state index contributed by atoms with van der Waals surface area (Å²) in [6.07, 6.45) is 4.24. The van der Waals surface area contributed by atoms with Crippen LogP contribution in [0.2, 0.25) is 0 Å². The Kier molecular flexibility index (Phi) is 6.96. The number of nitrogens with zero attached hydrogens (tertiary/aromatic N) is 1. The van der Waals surface area contributed by atoms with Gasteiger partial charge in [0.2, 0.25) is 5.91 Å². The number of carbonyl (C=O) groups is 2. The molecule has 0 spiro atoms. The Bertz CT molecular complexity index is 575. The summed E-state index contributed by atoms with van der Waals surface area (Å²) in [5, 5.41) is 12.3. The number of ether oxygens (including phenoxy) is 1. The lowest BCUT2D eigenvalue weighted by Gasteiger charge is -2.28. The molecule has 0 aliphatic carbocycles. The number of esters is 1. The number of piperidine rings is 1. The van der Waals surface area contributed by atoms with Crippen LogP contribution in [0, 0.1) is 0 Å². The van der Waals surface area contributed by atoms with Gasteiger partial charge in [-0.3, -0.25) is 9.69 Å². The number of likely N-dealkylation sites (tertiary alicyclic amines) is 1. The third-order valence-electron chi connectivity index (χ3n) is 3.82. The molecule has 0 saturated carbocycles. The molecule has 1 aromatic rings. The van der Waals surface area contributed by atoms with Crippen LogP contribution < -0.4 is 5.32 Å². The summed E-state index contributed by atoms with van der Waals surface area (Å²) in [5.74, 6) is -0.442. The smallest absolute Gasteiger partial charge is 0.330 e. The van der Waals surface area contributed by atoms with Crippen LogP contribution in [0.4, 0.5) is 5.69 Å². The van der Waals surface area contributed by atoms with Gasteiger partial charge in [-0.25, -0.2) is 4.79 Å². The van der Waals surface area contributed by atoms with E-state index in [9.17, 15) is 14.7 Å². The Morgan fingerprint density at radius 3 is 2.58 bits per heavy atom. The van der Waals surface area contributed by atoms with Crippen molar-refractivity contribution in [2.24, 2.45) is 0 Å². The topological polar surface area (TPSA) is 78.9 Å². The summed E-state index contributed by atoms with van der Waals surface area (Å²) in [6.45, 7) is 3.93. The van der Waals surface area contributed by atoms with Crippen LogP contribution in [0.25, 0.3) is 6.08 Å². The van der Waals surface area contributed by atoms with Gasteiger partial charge in [0.05, 0.1) is 19.3 Å². The number of nitrogens with one attached hydrogen (secondary N) is 1. The summed E-state index contributed by atoms with van der Waals surface area (Å²) in [7, 11) is 0. The molecule has 1 aliphatic heterocycles. The van der Waals surface area contributed by atoms with E-state index in [-0.39, 0.29) is 18.0 Å². The molecule has 1 amide bonds. The fourth-order valence-corrected chi connectivity index (χ4v) is 2.51. The molecule has 0 unspecified atom stereocenters. The molecule has 0 aromatic heterocycles. The highest BCUT2D eigenvalue weighted by atomic mass is 16.5. The van der Waals surface area contributed by atoms with E-state index in [2.05, 4.69) is 5.32 Å². The van der Waals surface area contributed by atoms with E-state index in [1.165, 1.54) is 6.08 Å². The van der Waals surface area contributed by atoms with Crippen LogP contribution in [-0.4, -0.2) is 54.2 Å². The lowest BCUT2D eigenvalue weighted by atomic mass is 10.1. The minimum Gasteiger partial charge on any atom is -0.463 e. The van der Waals surface area contributed by atoms with Crippen LogP contribution in [0.15, 0.2) is 30.3 Å². The lowest BCUT2D eigenvalue weighted by molar-refractivity contribution is -0.137. The first-order valence-corrected chi connectivity index (χ1v) is 8.22. The Labute approximate surface area is 142 Å². The summed E-state index contributed by atoms with van der Waals surface area (Å²) >= 11 is 0. The predicted octanol–water partition coefficient (Wildman–Crippen LogP) is 1.66. The number of anilines is 1. The zero-order valence-corrected chi connectivity index (χ0v) is 13.9. The molecule has 6 heteroatoms. The van der Waals surface area contributed by atoms with Gasteiger partial charge in [0.25, 0.3) is 0 Å². The number of hydrogen-bond acceptors (Lipinski definition) is 5. The number of aliphatic hydroxyl groups is 1. The Hall–Kier alpha value is -2.18. The highest BCUT2D eigenvalue weighted by molar-refractivity contribution is 5.92. The van der Waals surface area contributed by atoms with E-state index >= 15 is 0 Å². The van der Waals surface area contributed by atoms with Crippen LogP contribution in [0.3, 0.4) is 0 Å². The standard InChI is InChI=1S/C18H24N2O4/c1-2-24-18(23)8-5-14-3-6-15(7-4-14)19-17(22)13-20-11-9-16(21)10-12-20/h3-8,16,21H,2,9-13H2,1H3,(H,19,22)/b8-5-. The zero-order valence-electron chi connectivity index (χ0n) is 13.9. The first-order valence-electron chi connectivity index (χ1n) is 8.22. The molecule has 0 bridgehead atoms. The minimum atomic E-state index is -0.374. The van der Waals surface area contributed by atoms with Gasteiger partial charge in [-0.2, -0.15) is 0 Å². The van der Waals surface area contributed by atoms with Gasteiger partial charge in [-0.1, -0.05) is 12.1 Å². The third-order valence-corrected chi connectivity index (χ3v) is 3.82. The second kappa shape index (κ2) is 9.20. The quantitative estimate of drug-likeness (QED) is 0.612. The third kappa shape index (κ3) is 6.14. The van der Waals surface area contributed by atoms with E-state index in [4.69, 9.17) is 4.74 Å². The highest BCUT2D eigenvalue weighted by Crippen LogP contribution is 2.12. The van der Waals surface area contributed by atoms with E-state index in [0.29, 0.717) is 18.8 Å². The van der Waals surface area contributed by atoms with Gasteiger partial charge in [0.1, 0.15) is 0 Å². The van der Waals surface area contributed by atoms with Crippen molar-refractivity contribution in [2.75, 3.05) is 31.6 Å². The Morgan fingerprint density at radius 1 is 1.29 bits per heavy atom. The molecule has 0 radical (unpaired) electrons. The molecule has 1 heterocycles. The van der Waals surface area contributed by atoms with Crippen molar-refractivity contribution >= 4 is 23.6 Å². The fraction of sp³-hybridized carbons (Fsp3) is 0.444. The number of carbonyl (C=O) groups excluding carboxylic acids is 2. The van der Waals surface area contributed by atoms with Crippen molar-refractivity contribution in [1.29, 1.82) is 0 Å². The van der Waals surface area contributed by atoms with Crippen molar-refractivity contribution in [2.45, 2.75) is 25.9 Å². The number of aliphatic hydroxyl groups excluding tert-OH is 1. The van der Waals surface area contributed by atoms with E-state index < -0.39 is 0 Å². The molecule has 2 rings (SSSR count). The number of rotatable bonds is 6. The van der Waals surface area contributed by atoms with Crippen molar-refractivity contribution in [3.8, 4) is 0 Å². The van der Waals surface area contributed by atoms with Gasteiger partial charge in [-0.15, -0.1) is 0 Å². The second-order valence-corrected chi connectivity index (χ2v) is 5.76. The number of amides is 1. The lowest BCUT2D eigenvalue weighted by Crippen LogP contribution is -2.40. The molecule has 0 atom stereocenters. The summed E-state index contributed by atoms with van der Waals surface area (Å²) in [6, 6.07) is 7.23. The molecule has 1 aromatic carbocycles.